The Balaban J connectivity index is 2.41. The van der Waals surface area contributed by atoms with Gasteiger partial charge in [0.15, 0.2) is 0 Å². The summed E-state index contributed by atoms with van der Waals surface area (Å²) in [6.45, 7) is 1.73. The van der Waals surface area contributed by atoms with Gasteiger partial charge in [0.2, 0.25) is 0 Å². The van der Waals surface area contributed by atoms with Gasteiger partial charge in [0.25, 0.3) is 0 Å². The molecule has 0 aliphatic heterocycles. The van der Waals surface area contributed by atoms with E-state index in [9.17, 15) is 9.90 Å². The van der Waals surface area contributed by atoms with E-state index >= 15 is 0 Å². The first-order valence-corrected chi connectivity index (χ1v) is 6.43. The lowest BCUT2D eigenvalue weighted by Gasteiger charge is -2.25. The molecule has 98 valence electrons. The quantitative estimate of drug-likeness (QED) is 0.917. The van der Waals surface area contributed by atoms with Gasteiger partial charge in [-0.05, 0) is 36.6 Å². The molecule has 2 nitrogen and oxygen atoms in total. The number of carboxylic acids is 1. The number of benzene rings is 2. The fraction of sp³-hybridized carbons (Fsp3) is 0.188. The molecule has 0 heterocycles. The van der Waals surface area contributed by atoms with Crippen molar-refractivity contribution >= 4 is 17.6 Å². The summed E-state index contributed by atoms with van der Waals surface area (Å²) in [6.07, 6.45) is 0.434. The van der Waals surface area contributed by atoms with Crippen molar-refractivity contribution in [1.82, 2.24) is 0 Å². The van der Waals surface area contributed by atoms with Crippen LogP contribution in [0.25, 0.3) is 0 Å². The third-order valence-electron chi connectivity index (χ3n) is 3.33. The zero-order chi connectivity index (χ0) is 13.9. The van der Waals surface area contributed by atoms with Crippen LogP contribution in [0.3, 0.4) is 0 Å². The van der Waals surface area contributed by atoms with Crippen LogP contribution in [-0.2, 0) is 16.6 Å². The zero-order valence-electron chi connectivity index (χ0n) is 10.6. The molecule has 19 heavy (non-hydrogen) atoms. The molecule has 0 radical (unpaired) electrons. The number of hydrogen-bond acceptors (Lipinski definition) is 1. The average molecular weight is 275 g/mol. The molecule has 0 saturated heterocycles. The van der Waals surface area contributed by atoms with Crippen LogP contribution < -0.4 is 0 Å². The van der Waals surface area contributed by atoms with E-state index in [2.05, 4.69) is 0 Å². The molecule has 0 spiro atoms. The lowest BCUT2D eigenvalue weighted by molar-refractivity contribution is -0.143. The largest absolute Gasteiger partial charge is 0.481 e. The molecule has 2 aromatic carbocycles. The van der Waals surface area contributed by atoms with Crippen LogP contribution in [0, 0.1) is 0 Å². The highest BCUT2D eigenvalue weighted by Crippen LogP contribution is 2.30. The molecule has 0 fully saturated rings. The van der Waals surface area contributed by atoms with E-state index in [0.29, 0.717) is 11.4 Å². The van der Waals surface area contributed by atoms with Gasteiger partial charge in [0, 0.05) is 5.02 Å². The first-order chi connectivity index (χ1) is 9.02. The first-order valence-electron chi connectivity index (χ1n) is 6.06. The number of rotatable bonds is 4. The van der Waals surface area contributed by atoms with Crippen molar-refractivity contribution in [3.63, 3.8) is 0 Å². The number of carbonyl (C=O) groups is 1. The monoisotopic (exact) mass is 274 g/mol. The predicted molar refractivity (Wildman–Crippen MR) is 76.6 cm³/mol. The second-order valence-corrected chi connectivity index (χ2v) is 5.25. The van der Waals surface area contributed by atoms with Gasteiger partial charge < -0.3 is 5.11 Å². The Morgan fingerprint density at radius 3 is 2.42 bits per heavy atom. The molecule has 1 N–H and O–H groups in total. The molecule has 2 aromatic rings. The first kappa shape index (κ1) is 13.6. The summed E-state index contributed by atoms with van der Waals surface area (Å²) < 4.78 is 0. The summed E-state index contributed by atoms with van der Waals surface area (Å²) in [6, 6.07) is 16.7. The molecular formula is C16H15ClO2. The molecule has 0 bridgehead atoms. The molecular weight excluding hydrogens is 260 g/mol. The summed E-state index contributed by atoms with van der Waals surface area (Å²) in [5.74, 6) is -0.849. The van der Waals surface area contributed by atoms with E-state index < -0.39 is 11.4 Å². The lowest BCUT2D eigenvalue weighted by Crippen LogP contribution is -2.34. The van der Waals surface area contributed by atoms with E-state index in [-0.39, 0.29) is 0 Å². The minimum absolute atomic E-state index is 0.434. The van der Waals surface area contributed by atoms with Gasteiger partial charge in [-0.3, -0.25) is 4.79 Å². The average Bonchev–Trinajstić information content (AvgIpc) is 2.39. The number of hydrogen-bond donors (Lipinski definition) is 1. The maximum atomic E-state index is 11.7. The Morgan fingerprint density at radius 1 is 1.16 bits per heavy atom. The SMILES string of the molecule is C[C@](Cc1ccccc1)(C(=O)O)c1cccc(Cl)c1. The summed E-state index contributed by atoms with van der Waals surface area (Å²) in [4.78, 5) is 11.7. The molecule has 0 aliphatic carbocycles. The summed E-state index contributed by atoms with van der Waals surface area (Å²) >= 11 is 5.97. The highest BCUT2D eigenvalue weighted by molar-refractivity contribution is 6.30. The maximum Gasteiger partial charge on any atom is 0.314 e. The van der Waals surface area contributed by atoms with Crippen LogP contribution >= 0.6 is 11.6 Å². The van der Waals surface area contributed by atoms with Crippen molar-refractivity contribution in [3.05, 3.63) is 70.7 Å². The van der Waals surface area contributed by atoms with E-state index in [4.69, 9.17) is 11.6 Å². The standard InChI is InChI=1S/C16H15ClO2/c1-16(15(18)19,11-12-6-3-2-4-7-12)13-8-5-9-14(17)10-13/h2-10H,11H2,1H3,(H,18,19)/t16-/m1/s1. The molecule has 1 atom stereocenters. The van der Waals surface area contributed by atoms with Crippen molar-refractivity contribution < 1.29 is 9.90 Å². The molecule has 0 aliphatic rings. The van der Waals surface area contributed by atoms with Gasteiger partial charge in [0.1, 0.15) is 0 Å². The number of halogens is 1. The highest BCUT2D eigenvalue weighted by atomic mass is 35.5. The normalized spacial score (nSPS) is 13.8. The van der Waals surface area contributed by atoms with Gasteiger partial charge in [-0.2, -0.15) is 0 Å². The zero-order valence-corrected chi connectivity index (χ0v) is 11.4. The Morgan fingerprint density at radius 2 is 1.84 bits per heavy atom. The Bertz CT molecular complexity index is 580. The van der Waals surface area contributed by atoms with Gasteiger partial charge in [-0.25, -0.2) is 0 Å². The summed E-state index contributed by atoms with van der Waals surface area (Å²) in [7, 11) is 0. The van der Waals surface area contributed by atoms with Crippen LogP contribution in [0.15, 0.2) is 54.6 Å². The minimum Gasteiger partial charge on any atom is -0.481 e. The molecule has 0 aromatic heterocycles. The van der Waals surface area contributed by atoms with Crippen molar-refractivity contribution in [2.75, 3.05) is 0 Å². The Labute approximate surface area is 117 Å². The van der Waals surface area contributed by atoms with E-state index in [0.717, 1.165) is 11.1 Å². The second kappa shape index (κ2) is 5.45. The Hall–Kier alpha value is -1.80. The highest BCUT2D eigenvalue weighted by Gasteiger charge is 2.35. The van der Waals surface area contributed by atoms with Crippen molar-refractivity contribution in [3.8, 4) is 0 Å². The van der Waals surface area contributed by atoms with Crippen molar-refractivity contribution in [2.45, 2.75) is 18.8 Å². The molecule has 2 rings (SSSR count). The van der Waals surface area contributed by atoms with Crippen LogP contribution in [-0.4, -0.2) is 11.1 Å². The second-order valence-electron chi connectivity index (χ2n) is 4.81. The van der Waals surface area contributed by atoms with Gasteiger partial charge in [-0.1, -0.05) is 54.1 Å². The molecule has 0 unspecified atom stereocenters. The lowest BCUT2D eigenvalue weighted by atomic mass is 9.77. The van der Waals surface area contributed by atoms with Crippen LogP contribution in [0.1, 0.15) is 18.1 Å². The van der Waals surface area contributed by atoms with Crippen molar-refractivity contribution in [2.24, 2.45) is 0 Å². The van der Waals surface area contributed by atoms with Gasteiger partial charge in [0.05, 0.1) is 5.41 Å². The fourth-order valence-corrected chi connectivity index (χ4v) is 2.33. The smallest absolute Gasteiger partial charge is 0.314 e. The van der Waals surface area contributed by atoms with Crippen molar-refractivity contribution in [1.29, 1.82) is 0 Å². The molecule has 3 heteroatoms. The topological polar surface area (TPSA) is 37.3 Å². The van der Waals surface area contributed by atoms with Gasteiger partial charge in [-0.15, -0.1) is 0 Å². The number of aliphatic carboxylic acids is 1. The van der Waals surface area contributed by atoms with Gasteiger partial charge >= 0.3 is 5.97 Å². The van der Waals surface area contributed by atoms with E-state index in [1.807, 2.05) is 36.4 Å². The third-order valence-corrected chi connectivity index (χ3v) is 3.57. The molecule has 0 amide bonds. The predicted octanol–water partition coefficient (Wildman–Crippen LogP) is 3.93. The molecule has 0 saturated carbocycles. The Kier molecular flexibility index (Phi) is 3.91. The van der Waals surface area contributed by atoms with E-state index in [1.54, 1.807) is 25.1 Å². The minimum atomic E-state index is -0.980. The summed E-state index contributed by atoms with van der Waals surface area (Å²) in [5, 5.41) is 10.1. The summed E-state index contributed by atoms with van der Waals surface area (Å²) in [5.41, 5.74) is 0.732. The maximum absolute atomic E-state index is 11.7. The fourth-order valence-electron chi connectivity index (χ4n) is 2.14. The van der Waals surface area contributed by atoms with Crippen LogP contribution in [0.4, 0.5) is 0 Å². The van der Waals surface area contributed by atoms with Crippen LogP contribution in [0.5, 0.6) is 0 Å². The van der Waals surface area contributed by atoms with E-state index in [1.165, 1.54) is 0 Å². The third kappa shape index (κ3) is 2.96. The van der Waals surface area contributed by atoms with Crippen LogP contribution in [0.2, 0.25) is 5.02 Å². The number of carboxylic acid groups (broad SMARTS) is 1.